The lowest BCUT2D eigenvalue weighted by Gasteiger charge is -2.19. The molecule has 0 bridgehead atoms. The van der Waals surface area contributed by atoms with Gasteiger partial charge in [0, 0.05) is 16.6 Å². The lowest BCUT2D eigenvalue weighted by Crippen LogP contribution is -2.11. The van der Waals surface area contributed by atoms with Gasteiger partial charge in [-0.05, 0) is 39.8 Å². The first-order valence-corrected chi connectivity index (χ1v) is 9.13. The normalized spacial score (nSPS) is 16.7. The largest absolute Gasteiger partial charge is 0.259 e. The van der Waals surface area contributed by atoms with Crippen LogP contribution in [-0.2, 0) is 27.7 Å². The van der Waals surface area contributed by atoms with Crippen LogP contribution < -0.4 is 0 Å². The molecular weight excluding hydrogens is 296 g/mol. The molecule has 1 saturated carbocycles. The molecule has 0 aliphatic heterocycles. The van der Waals surface area contributed by atoms with Gasteiger partial charge in [0.1, 0.15) is 0 Å². The van der Waals surface area contributed by atoms with Gasteiger partial charge in [0.2, 0.25) is 0 Å². The highest BCUT2D eigenvalue weighted by atomic mass is 32.2. The summed E-state index contributed by atoms with van der Waals surface area (Å²) < 4.78 is 14.2. The van der Waals surface area contributed by atoms with E-state index in [0.29, 0.717) is 17.5 Å². The predicted molar refractivity (Wildman–Crippen MR) is 86.8 cm³/mol. The molecule has 0 radical (unpaired) electrons. The Morgan fingerprint density at radius 2 is 1.86 bits per heavy atom. The molecule has 118 valence electrons. The lowest BCUT2D eigenvalue weighted by molar-refractivity contribution is 0.590. The second-order valence-corrected chi connectivity index (χ2v) is 8.40. The van der Waals surface area contributed by atoms with E-state index in [2.05, 4.69) is 60.6 Å². The maximum Gasteiger partial charge on any atom is 0.164 e. The highest BCUT2D eigenvalue weighted by Crippen LogP contribution is 2.34. The van der Waals surface area contributed by atoms with Crippen molar-refractivity contribution in [1.82, 2.24) is 20.2 Å². The maximum atomic E-state index is 12.4. The van der Waals surface area contributed by atoms with Gasteiger partial charge in [-0.3, -0.25) is 4.21 Å². The van der Waals surface area contributed by atoms with Crippen molar-refractivity contribution in [3.05, 3.63) is 41.2 Å². The number of hydrogen-bond acceptors (Lipinski definition) is 4. The molecule has 22 heavy (non-hydrogen) atoms. The van der Waals surface area contributed by atoms with E-state index in [-0.39, 0.29) is 5.41 Å². The summed E-state index contributed by atoms with van der Waals surface area (Å²) in [5.41, 5.74) is 2.53. The Labute approximate surface area is 133 Å². The molecule has 3 rings (SSSR count). The first kappa shape index (κ1) is 15.3. The zero-order valence-electron chi connectivity index (χ0n) is 13.3. The molecule has 0 unspecified atom stereocenters. The van der Waals surface area contributed by atoms with Crippen LogP contribution in [0.15, 0.2) is 24.3 Å². The lowest BCUT2D eigenvalue weighted by atomic mass is 9.87. The minimum absolute atomic E-state index is 0.143. The molecule has 2 aromatic rings. The number of benzene rings is 1. The van der Waals surface area contributed by atoms with Crippen LogP contribution in [0, 0.1) is 0 Å². The zero-order chi connectivity index (χ0) is 15.7. The maximum absolute atomic E-state index is 12.4. The standard InChI is InChI=1S/C16H22N4OS/c1-16(2,3)13-6-4-12(5-7-13)10-22(21)11-15-17-18-19-20(15)14-8-9-14/h4-7,14H,8-11H2,1-3H3/t22-/m1/s1. The smallest absolute Gasteiger partial charge is 0.164 e. The van der Waals surface area contributed by atoms with Gasteiger partial charge in [0.15, 0.2) is 5.82 Å². The molecule has 1 aromatic carbocycles. The van der Waals surface area contributed by atoms with Crippen LogP contribution in [0.1, 0.15) is 56.6 Å². The van der Waals surface area contributed by atoms with Gasteiger partial charge >= 0.3 is 0 Å². The van der Waals surface area contributed by atoms with Crippen molar-refractivity contribution in [1.29, 1.82) is 0 Å². The third-order valence-electron chi connectivity index (χ3n) is 3.89. The fourth-order valence-electron chi connectivity index (χ4n) is 2.39. The Morgan fingerprint density at radius 3 is 2.45 bits per heavy atom. The first-order valence-electron chi connectivity index (χ1n) is 7.64. The monoisotopic (exact) mass is 318 g/mol. The molecule has 1 aromatic heterocycles. The Bertz CT molecular complexity index is 668. The molecule has 0 spiro atoms. The SMILES string of the molecule is CC(C)(C)c1ccc(C[S@@](=O)Cc2nnnn2C2CC2)cc1. The van der Waals surface area contributed by atoms with Gasteiger partial charge in [-0.1, -0.05) is 45.0 Å². The summed E-state index contributed by atoms with van der Waals surface area (Å²) in [6.07, 6.45) is 2.25. The van der Waals surface area contributed by atoms with Crippen molar-refractivity contribution in [2.24, 2.45) is 0 Å². The quantitative estimate of drug-likeness (QED) is 0.850. The number of aromatic nitrogens is 4. The van der Waals surface area contributed by atoms with E-state index in [9.17, 15) is 4.21 Å². The van der Waals surface area contributed by atoms with Crippen molar-refractivity contribution in [2.75, 3.05) is 0 Å². The molecule has 0 amide bonds. The molecule has 6 heteroatoms. The van der Waals surface area contributed by atoms with Gasteiger partial charge in [-0.15, -0.1) is 5.10 Å². The van der Waals surface area contributed by atoms with Gasteiger partial charge in [0.05, 0.1) is 11.8 Å². The second-order valence-electron chi connectivity index (χ2n) is 6.95. The van der Waals surface area contributed by atoms with Crippen molar-refractivity contribution < 1.29 is 4.21 Å². The summed E-state index contributed by atoms with van der Waals surface area (Å²) in [4.78, 5) is 0. The number of nitrogens with zero attached hydrogens (tertiary/aromatic N) is 4. The van der Waals surface area contributed by atoms with Crippen LogP contribution in [0.25, 0.3) is 0 Å². The average Bonchev–Trinajstić information content (AvgIpc) is 3.19. The number of tetrazole rings is 1. The molecule has 0 saturated heterocycles. The van der Waals surface area contributed by atoms with Gasteiger partial charge in [-0.2, -0.15) is 0 Å². The van der Waals surface area contributed by atoms with Gasteiger partial charge < -0.3 is 0 Å². The highest BCUT2D eigenvalue weighted by molar-refractivity contribution is 7.83. The molecule has 1 fully saturated rings. The van der Waals surface area contributed by atoms with Gasteiger partial charge in [0.25, 0.3) is 0 Å². The number of hydrogen-bond donors (Lipinski definition) is 0. The van der Waals surface area contributed by atoms with E-state index in [4.69, 9.17) is 0 Å². The minimum atomic E-state index is -0.991. The van der Waals surface area contributed by atoms with Crippen LogP contribution in [0.2, 0.25) is 0 Å². The molecule has 1 aliphatic rings. The summed E-state index contributed by atoms with van der Waals surface area (Å²) in [6, 6.07) is 8.82. The Kier molecular flexibility index (Phi) is 4.12. The zero-order valence-corrected chi connectivity index (χ0v) is 14.1. The summed E-state index contributed by atoms with van der Waals surface area (Å²) in [5.74, 6) is 1.71. The van der Waals surface area contributed by atoms with E-state index in [0.717, 1.165) is 24.2 Å². The van der Waals surface area contributed by atoms with Gasteiger partial charge in [-0.25, -0.2) is 4.68 Å². The van der Waals surface area contributed by atoms with E-state index in [1.807, 2.05) is 4.68 Å². The summed E-state index contributed by atoms with van der Waals surface area (Å²) in [7, 11) is -0.991. The third-order valence-corrected chi connectivity index (χ3v) is 5.13. The van der Waals surface area contributed by atoms with E-state index >= 15 is 0 Å². The minimum Gasteiger partial charge on any atom is -0.259 e. The number of rotatable bonds is 5. The van der Waals surface area contributed by atoms with Crippen LogP contribution in [0.4, 0.5) is 0 Å². The Balaban J connectivity index is 1.63. The molecule has 1 atom stereocenters. The molecule has 5 nitrogen and oxygen atoms in total. The van der Waals surface area contributed by atoms with Crippen molar-refractivity contribution in [2.45, 2.75) is 56.6 Å². The summed E-state index contributed by atoms with van der Waals surface area (Å²) in [5, 5.41) is 11.7. The fraction of sp³-hybridized carbons (Fsp3) is 0.562. The second kappa shape index (κ2) is 5.91. The molecular formula is C16H22N4OS. The van der Waals surface area contributed by atoms with Crippen molar-refractivity contribution >= 4 is 10.8 Å². The van der Waals surface area contributed by atoms with E-state index < -0.39 is 10.8 Å². The van der Waals surface area contributed by atoms with Crippen LogP contribution in [0.5, 0.6) is 0 Å². The van der Waals surface area contributed by atoms with Crippen molar-refractivity contribution in [3.63, 3.8) is 0 Å². The highest BCUT2D eigenvalue weighted by Gasteiger charge is 2.28. The Hall–Kier alpha value is -1.56. The fourth-order valence-corrected chi connectivity index (χ4v) is 3.54. The Morgan fingerprint density at radius 1 is 1.18 bits per heavy atom. The topological polar surface area (TPSA) is 60.7 Å². The van der Waals surface area contributed by atoms with Crippen LogP contribution in [-0.4, -0.2) is 24.4 Å². The predicted octanol–water partition coefficient (Wildman–Crippen LogP) is 2.75. The van der Waals surface area contributed by atoms with E-state index in [1.54, 1.807) is 0 Å². The van der Waals surface area contributed by atoms with E-state index in [1.165, 1.54) is 5.56 Å². The van der Waals surface area contributed by atoms with Crippen molar-refractivity contribution in [3.8, 4) is 0 Å². The van der Waals surface area contributed by atoms with Crippen LogP contribution >= 0.6 is 0 Å². The summed E-state index contributed by atoms with van der Waals surface area (Å²) in [6.45, 7) is 6.58. The molecule has 0 N–H and O–H groups in total. The molecule has 1 heterocycles. The van der Waals surface area contributed by atoms with Crippen LogP contribution in [0.3, 0.4) is 0 Å². The first-order chi connectivity index (χ1) is 10.4. The molecule has 1 aliphatic carbocycles. The summed E-state index contributed by atoms with van der Waals surface area (Å²) >= 11 is 0. The third kappa shape index (κ3) is 3.61. The average molecular weight is 318 g/mol.